The maximum atomic E-state index is 13.4. The molecule has 0 aliphatic carbocycles. The molecule has 0 saturated carbocycles. The van der Waals surface area contributed by atoms with Crippen LogP contribution in [0.4, 0.5) is 0 Å². The minimum Gasteiger partial charge on any atom is -0.507 e. The monoisotopic (exact) mass is 477 g/mol. The van der Waals surface area contributed by atoms with E-state index >= 15 is 0 Å². The van der Waals surface area contributed by atoms with Crippen molar-refractivity contribution >= 4 is 38.9 Å². The number of nitrogens with one attached hydrogen (secondary N) is 1. The van der Waals surface area contributed by atoms with Gasteiger partial charge in [-0.15, -0.1) is 0 Å². The van der Waals surface area contributed by atoms with E-state index in [1.165, 1.54) is 6.07 Å². The number of phenolic OH excluding ortho intramolecular Hbond substituents is 1. The quantitative estimate of drug-likeness (QED) is 0.596. The van der Waals surface area contributed by atoms with Crippen LogP contribution in [0.25, 0.3) is 11.3 Å². The summed E-state index contributed by atoms with van der Waals surface area (Å²) in [6.45, 7) is 0. The van der Waals surface area contributed by atoms with Crippen molar-refractivity contribution in [1.82, 2.24) is 15.1 Å². The number of hydrogen-bond donors (Lipinski definition) is 2. The van der Waals surface area contributed by atoms with E-state index in [1.807, 2.05) is 0 Å². The van der Waals surface area contributed by atoms with Crippen molar-refractivity contribution in [3.8, 4) is 17.0 Å². The van der Waals surface area contributed by atoms with Gasteiger partial charge in [-0.2, -0.15) is 5.10 Å². The van der Waals surface area contributed by atoms with Crippen molar-refractivity contribution in [2.75, 3.05) is 11.5 Å². The molecule has 1 fully saturated rings. The normalized spacial score (nSPS) is 22.1. The van der Waals surface area contributed by atoms with Crippen LogP contribution in [0, 0.1) is 0 Å². The van der Waals surface area contributed by atoms with Gasteiger partial charge in [-0.05, 0) is 42.3 Å². The zero-order valence-electron chi connectivity index (χ0n) is 16.0. The third-order valence-electron chi connectivity index (χ3n) is 5.81. The number of carbonyl (C=O) groups excluding carboxylic acids is 1. The van der Waals surface area contributed by atoms with E-state index in [1.54, 1.807) is 41.3 Å². The highest BCUT2D eigenvalue weighted by molar-refractivity contribution is 7.91. The van der Waals surface area contributed by atoms with Gasteiger partial charge in [0, 0.05) is 27.2 Å². The Morgan fingerprint density at radius 2 is 1.81 bits per heavy atom. The number of nitrogens with zero attached hydrogens (tertiary/aromatic N) is 2. The molecule has 1 aromatic heterocycles. The van der Waals surface area contributed by atoms with Crippen molar-refractivity contribution in [3.63, 3.8) is 0 Å². The first-order valence-corrected chi connectivity index (χ1v) is 12.2. The van der Waals surface area contributed by atoms with Crippen LogP contribution < -0.4 is 0 Å². The summed E-state index contributed by atoms with van der Waals surface area (Å²) in [6, 6.07) is 10.6. The number of sulfone groups is 1. The van der Waals surface area contributed by atoms with Crippen LogP contribution in [-0.4, -0.2) is 52.1 Å². The lowest BCUT2D eigenvalue weighted by atomic mass is 9.95. The van der Waals surface area contributed by atoms with Crippen LogP contribution in [0.2, 0.25) is 10.0 Å². The van der Waals surface area contributed by atoms with Gasteiger partial charge >= 0.3 is 0 Å². The molecule has 0 radical (unpaired) electrons. The Morgan fingerprint density at radius 1 is 1.10 bits per heavy atom. The van der Waals surface area contributed by atoms with Crippen LogP contribution in [-0.2, 0) is 9.84 Å². The van der Waals surface area contributed by atoms with Crippen LogP contribution in [0.3, 0.4) is 0 Å². The Bertz CT molecular complexity index is 1300. The summed E-state index contributed by atoms with van der Waals surface area (Å²) < 4.78 is 24.3. The molecule has 160 valence electrons. The molecule has 31 heavy (non-hydrogen) atoms. The summed E-state index contributed by atoms with van der Waals surface area (Å²) in [5, 5.41) is 18.5. The van der Waals surface area contributed by atoms with E-state index in [0.29, 0.717) is 33.3 Å². The van der Waals surface area contributed by atoms with Gasteiger partial charge in [-0.1, -0.05) is 35.3 Å². The summed E-state index contributed by atoms with van der Waals surface area (Å²) in [7, 11) is -3.21. The third kappa shape index (κ3) is 3.39. The summed E-state index contributed by atoms with van der Waals surface area (Å²) in [4.78, 5) is 15.0. The zero-order chi connectivity index (χ0) is 21.9. The second-order valence-corrected chi connectivity index (χ2v) is 10.8. The maximum Gasteiger partial charge on any atom is 0.273 e. The molecule has 0 bridgehead atoms. The number of aromatic nitrogens is 2. The Hall–Kier alpha value is -2.55. The molecule has 0 spiro atoms. The first-order chi connectivity index (χ1) is 14.7. The van der Waals surface area contributed by atoms with Crippen LogP contribution >= 0.6 is 23.2 Å². The number of fused-ring (bicyclic) bond motifs is 1. The van der Waals surface area contributed by atoms with Crippen molar-refractivity contribution in [2.45, 2.75) is 18.5 Å². The molecule has 5 rings (SSSR count). The molecule has 3 heterocycles. The number of aromatic amines is 1. The van der Waals surface area contributed by atoms with Gasteiger partial charge in [0.15, 0.2) is 9.84 Å². The Labute approximate surface area is 188 Å². The third-order valence-corrected chi connectivity index (χ3v) is 8.04. The molecule has 2 aromatic carbocycles. The van der Waals surface area contributed by atoms with E-state index in [9.17, 15) is 18.3 Å². The highest BCUT2D eigenvalue weighted by Crippen LogP contribution is 2.46. The second kappa shape index (κ2) is 7.25. The van der Waals surface area contributed by atoms with Crippen molar-refractivity contribution in [3.05, 3.63) is 69.3 Å². The van der Waals surface area contributed by atoms with E-state index < -0.39 is 21.9 Å². The Balaban J connectivity index is 1.70. The first-order valence-electron chi connectivity index (χ1n) is 9.61. The zero-order valence-corrected chi connectivity index (χ0v) is 18.4. The number of aromatic hydroxyl groups is 1. The largest absolute Gasteiger partial charge is 0.507 e. The first kappa shape index (κ1) is 20.4. The molecule has 2 N–H and O–H groups in total. The van der Waals surface area contributed by atoms with Gasteiger partial charge in [0.05, 0.1) is 17.5 Å². The average Bonchev–Trinajstić information content (AvgIpc) is 3.38. The van der Waals surface area contributed by atoms with E-state index in [2.05, 4.69) is 10.2 Å². The van der Waals surface area contributed by atoms with Crippen molar-refractivity contribution < 1.29 is 18.3 Å². The number of phenols is 1. The fraction of sp³-hybridized carbons (Fsp3) is 0.238. The highest BCUT2D eigenvalue weighted by Gasteiger charge is 2.48. The number of halogens is 2. The second-order valence-electron chi connectivity index (χ2n) is 7.75. The molecule has 2 unspecified atom stereocenters. The lowest BCUT2D eigenvalue weighted by molar-refractivity contribution is 0.0678. The van der Waals surface area contributed by atoms with Crippen LogP contribution in [0.1, 0.15) is 34.1 Å². The van der Waals surface area contributed by atoms with Gasteiger partial charge in [0.1, 0.15) is 17.1 Å². The lowest BCUT2D eigenvalue weighted by Crippen LogP contribution is -2.40. The van der Waals surface area contributed by atoms with E-state index in [0.717, 1.165) is 5.56 Å². The molecule has 10 heteroatoms. The predicted octanol–water partition coefficient (Wildman–Crippen LogP) is 3.82. The predicted molar refractivity (Wildman–Crippen MR) is 117 cm³/mol. The highest BCUT2D eigenvalue weighted by atomic mass is 35.5. The number of hydrogen-bond acceptors (Lipinski definition) is 5. The van der Waals surface area contributed by atoms with Crippen LogP contribution in [0.5, 0.6) is 5.75 Å². The maximum absolute atomic E-state index is 13.4. The minimum absolute atomic E-state index is 0.0251. The Morgan fingerprint density at radius 3 is 2.48 bits per heavy atom. The molecule has 1 amide bonds. The van der Waals surface area contributed by atoms with Gasteiger partial charge < -0.3 is 10.0 Å². The van der Waals surface area contributed by atoms with Crippen molar-refractivity contribution in [1.29, 1.82) is 0 Å². The van der Waals surface area contributed by atoms with Gasteiger partial charge in [-0.25, -0.2) is 8.42 Å². The standard InChI is InChI=1S/C21H17Cl2N3O4S/c22-12-3-1-11(2-4-12)20-17-18(15-9-13(23)5-6-16(15)27)24-25-19(17)21(28)26(20)14-7-8-31(29,30)10-14/h1-6,9,14,20,27H,7-8,10H2,(H,24,25). The minimum atomic E-state index is -3.21. The lowest BCUT2D eigenvalue weighted by Gasteiger charge is -2.31. The Kier molecular flexibility index (Phi) is 4.76. The molecule has 2 atom stereocenters. The SMILES string of the molecule is O=C1c2[nH]nc(-c3cc(Cl)ccc3O)c2C(c2ccc(Cl)cc2)N1C1CCS(=O)(=O)C1. The molecular formula is C21H17Cl2N3O4S. The molecule has 2 aliphatic heterocycles. The number of benzene rings is 2. The number of rotatable bonds is 3. The molecule has 2 aliphatic rings. The molecule has 7 nitrogen and oxygen atoms in total. The van der Waals surface area contributed by atoms with Gasteiger partial charge in [0.2, 0.25) is 0 Å². The van der Waals surface area contributed by atoms with Crippen LogP contribution in [0.15, 0.2) is 42.5 Å². The average molecular weight is 478 g/mol. The summed E-state index contributed by atoms with van der Waals surface area (Å²) in [6.07, 6.45) is 0.369. The van der Waals surface area contributed by atoms with Gasteiger partial charge in [0.25, 0.3) is 5.91 Å². The number of carbonyl (C=O) groups is 1. The number of amides is 1. The molecular weight excluding hydrogens is 461 g/mol. The topological polar surface area (TPSA) is 103 Å². The summed E-state index contributed by atoms with van der Waals surface area (Å²) >= 11 is 12.2. The smallest absolute Gasteiger partial charge is 0.273 e. The molecule has 1 saturated heterocycles. The van der Waals surface area contributed by atoms with Gasteiger partial charge in [-0.3, -0.25) is 9.89 Å². The molecule has 3 aromatic rings. The van der Waals surface area contributed by atoms with Crippen molar-refractivity contribution in [2.24, 2.45) is 0 Å². The summed E-state index contributed by atoms with van der Waals surface area (Å²) in [5.41, 5.74) is 2.40. The number of H-pyrrole nitrogens is 1. The fourth-order valence-corrected chi connectivity index (χ4v) is 6.42. The van der Waals surface area contributed by atoms with E-state index in [4.69, 9.17) is 23.2 Å². The summed E-state index contributed by atoms with van der Waals surface area (Å²) in [5.74, 6) is -0.388. The fourth-order valence-electron chi connectivity index (χ4n) is 4.41. The van der Waals surface area contributed by atoms with E-state index in [-0.39, 0.29) is 28.9 Å².